The zero-order valence-electron chi connectivity index (χ0n) is 15.3. The third kappa shape index (κ3) is 4.33. The van der Waals surface area contributed by atoms with Crippen LogP contribution in [0.4, 0.5) is 0 Å². The lowest BCUT2D eigenvalue weighted by Crippen LogP contribution is -2.52. The summed E-state index contributed by atoms with van der Waals surface area (Å²) in [7, 11) is 0. The Morgan fingerprint density at radius 1 is 1.07 bits per heavy atom. The highest BCUT2D eigenvalue weighted by molar-refractivity contribution is 5.92. The molecule has 2 amide bonds. The van der Waals surface area contributed by atoms with E-state index in [-0.39, 0.29) is 11.8 Å². The fraction of sp³-hybridized carbons (Fsp3) is 0.368. The minimum atomic E-state index is -0.893. The largest absolute Gasteiger partial charge is 0.449 e. The van der Waals surface area contributed by atoms with Crippen molar-refractivity contribution in [3.63, 3.8) is 0 Å². The van der Waals surface area contributed by atoms with Crippen molar-refractivity contribution in [2.45, 2.75) is 20.0 Å². The van der Waals surface area contributed by atoms with Gasteiger partial charge in [0, 0.05) is 38.7 Å². The minimum Gasteiger partial charge on any atom is -0.449 e. The fourth-order valence-corrected chi connectivity index (χ4v) is 2.91. The molecule has 0 aliphatic carbocycles. The second kappa shape index (κ2) is 8.03. The van der Waals surface area contributed by atoms with E-state index in [1.807, 2.05) is 0 Å². The molecule has 1 aliphatic heterocycles. The first-order valence-corrected chi connectivity index (χ1v) is 8.70. The van der Waals surface area contributed by atoms with Crippen LogP contribution in [0, 0.1) is 0 Å². The van der Waals surface area contributed by atoms with E-state index < -0.39 is 12.1 Å². The number of hydrogen-bond donors (Lipinski definition) is 0. The van der Waals surface area contributed by atoms with Crippen molar-refractivity contribution in [1.29, 1.82) is 0 Å². The molecule has 8 nitrogen and oxygen atoms in total. The lowest BCUT2D eigenvalue weighted by molar-refractivity contribution is -0.144. The van der Waals surface area contributed by atoms with Crippen LogP contribution in [-0.4, -0.2) is 64.9 Å². The SMILES string of the molecule is CC(=O)N1CCN(C(=O)C(C)OC(=O)c2ccc(-c3cnco3)cc2)CC1. The fourth-order valence-electron chi connectivity index (χ4n) is 2.91. The van der Waals surface area contributed by atoms with E-state index in [0.29, 0.717) is 37.5 Å². The van der Waals surface area contributed by atoms with E-state index in [4.69, 9.17) is 9.15 Å². The quantitative estimate of drug-likeness (QED) is 0.758. The molecule has 1 aromatic carbocycles. The third-order valence-electron chi connectivity index (χ3n) is 4.51. The number of esters is 1. The number of hydrogen-bond acceptors (Lipinski definition) is 6. The van der Waals surface area contributed by atoms with Gasteiger partial charge in [-0.1, -0.05) is 12.1 Å². The lowest BCUT2D eigenvalue weighted by atomic mass is 10.1. The van der Waals surface area contributed by atoms with Crippen LogP contribution in [0.2, 0.25) is 0 Å². The van der Waals surface area contributed by atoms with Crippen LogP contribution in [0.5, 0.6) is 0 Å². The molecule has 0 bridgehead atoms. The summed E-state index contributed by atoms with van der Waals surface area (Å²) in [5.41, 5.74) is 1.14. The number of carbonyl (C=O) groups excluding carboxylic acids is 3. The highest BCUT2D eigenvalue weighted by atomic mass is 16.5. The van der Waals surface area contributed by atoms with Crippen molar-refractivity contribution in [2.24, 2.45) is 0 Å². The number of rotatable bonds is 4. The molecule has 0 N–H and O–H groups in total. The van der Waals surface area contributed by atoms with Gasteiger partial charge in [0.1, 0.15) is 0 Å². The van der Waals surface area contributed by atoms with Crippen molar-refractivity contribution in [3.05, 3.63) is 42.4 Å². The van der Waals surface area contributed by atoms with Crippen LogP contribution in [0.25, 0.3) is 11.3 Å². The molecule has 27 heavy (non-hydrogen) atoms. The molecule has 0 saturated carbocycles. The molecular weight excluding hydrogens is 350 g/mol. The number of oxazole rings is 1. The number of nitrogens with zero attached hydrogens (tertiary/aromatic N) is 3. The van der Waals surface area contributed by atoms with Crippen molar-refractivity contribution < 1.29 is 23.5 Å². The van der Waals surface area contributed by atoms with Crippen LogP contribution in [0.15, 0.2) is 41.3 Å². The molecule has 142 valence electrons. The molecule has 1 unspecified atom stereocenters. The average molecular weight is 371 g/mol. The molecule has 1 atom stereocenters. The monoisotopic (exact) mass is 371 g/mol. The molecule has 1 aromatic heterocycles. The van der Waals surface area contributed by atoms with Gasteiger partial charge in [-0.2, -0.15) is 0 Å². The summed E-state index contributed by atoms with van der Waals surface area (Å²) in [5, 5.41) is 0. The van der Waals surface area contributed by atoms with Gasteiger partial charge in [0.05, 0.1) is 11.8 Å². The molecule has 0 radical (unpaired) electrons. The van der Waals surface area contributed by atoms with Gasteiger partial charge in [-0.15, -0.1) is 0 Å². The van der Waals surface area contributed by atoms with Crippen molar-refractivity contribution in [2.75, 3.05) is 26.2 Å². The Balaban J connectivity index is 1.55. The third-order valence-corrected chi connectivity index (χ3v) is 4.51. The zero-order chi connectivity index (χ0) is 19.4. The molecule has 1 aliphatic rings. The zero-order valence-corrected chi connectivity index (χ0v) is 15.3. The van der Waals surface area contributed by atoms with Gasteiger partial charge in [0.15, 0.2) is 18.3 Å². The normalized spacial score (nSPS) is 15.3. The van der Waals surface area contributed by atoms with Gasteiger partial charge in [-0.3, -0.25) is 9.59 Å². The van der Waals surface area contributed by atoms with Crippen LogP contribution in [0.3, 0.4) is 0 Å². The molecule has 1 saturated heterocycles. The van der Waals surface area contributed by atoms with Gasteiger partial charge < -0.3 is 19.0 Å². The molecule has 2 heterocycles. The smallest absolute Gasteiger partial charge is 0.338 e. The summed E-state index contributed by atoms with van der Waals surface area (Å²) in [5.74, 6) is -0.231. The summed E-state index contributed by atoms with van der Waals surface area (Å²) in [6, 6.07) is 6.68. The Morgan fingerprint density at radius 2 is 1.70 bits per heavy atom. The maximum Gasteiger partial charge on any atom is 0.338 e. The van der Waals surface area contributed by atoms with E-state index in [1.165, 1.54) is 13.3 Å². The van der Waals surface area contributed by atoms with E-state index in [0.717, 1.165) is 5.56 Å². The minimum absolute atomic E-state index is 0.00430. The predicted molar refractivity (Wildman–Crippen MR) is 95.7 cm³/mol. The predicted octanol–water partition coefficient (Wildman–Crippen LogP) is 1.58. The highest BCUT2D eigenvalue weighted by Crippen LogP contribution is 2.19. The number of ether oxygens (including phenoxy) is 1. The van der Waals surface area contributed by atoms with E-state index in [9.17, 15) is 14.4 Å². The first kappa shape index (κ1) is 18.6. The average Bonchev–Trinajstić information content (AvgIpc) is 3.22. The summed E-state index contributed by atoms with van der Waals surface area (Å²) < 4.78 is 10.5. The summed E-state index contributed by atoms with van der Waals surface area (Å²) >= 11 is 0. The van der Waals surface area contributed by atoms with Gasteiger partial charge in [-0.25, -0.2) is 9.78 Å². The number of carbonyl (C=O) groups is 3. The van der Waals surface area contributed by atoms with Gasteiger partial charge >= 0.3 is 5.97 Å². The Hall–Kier alpha value is -3.16. The number of piperazine rings is 1. The van der Waals surface area contributed by atoms with Gasteiger partial charge in [0.25, 0.3) is 5.91 Å². The first-order chi connectivity index (χ1) is 13.0. The van der Waals surface area contributed by atoms with E-state index >= 15 is 0 Å². The van der Waals surface area contributed by atoms with Gasteiger partial charge in [0.2, 0.25) is 5.91 Å². The summed E-state index contributed by atoms with van der Waals surface area (Å²) in [6.45, 7) is 4.92. The number of amides is 2. The maximum atomic E-state index is 12.5. The molecule has 2 aromatic rings. The Bertz CT molecular complexity index is 808. The van der Waals surface area contributed by atoms with Crippen LogP contribution < -0.4 is 0 Å². The first-order valence-electron chi connectivity index (χ1n) is 8.70. The Labute approximate surface area is 156 Å². The summed E-state index contributed by atoms with van der Waals surface area (Å²) in [6.07, 6.45) is 2.02. The van der Waals surface area contributed by atoms with E-state index in [1.54, 1.807) is 47.2 Å². The van der Waals surface area contributed by atoms with E-state index in [2.05, 4.69) is 4.98 Å². The molecule has 3 rings (SSSR count). The standard InChI is InChI=1S/C19H21N3O5/c1-13(18(24)22-9-7-21(8-10-22)14(2)23)27-19(25)16-5-3-15(4-6-16)17-11-20-12-26-17/h3-6,11-13H,7-10H2,1-2H3. The van der Waals surface area contributed by atoms with Crippen LogP contribution in [0.1, 0.15) is 24.2 Å². The Morgan fingerprint density at radius 3 is 2.26 bits per heavy atom. The molecule has 1 fully saturated rings. The van der Waals surface area contributed by atoms with Crippen molar-refractivity contribution in [1.82, 2.24) is 14.8 Å². The summed E-state index contributed by atoms with van der Waals surface area (Å²) in [4.78, 5) is 43.3. The second-order valence-corrected chi connectivity index (χ2v) is 6.32. The van der Waals surface area contributed by atoms with Crippen molar-refractivity contribution >= 4 is 17.8 Å². The van der Waals surface area contributed by atoms with Gasteiger partial charge in [-0.05, 0) is 19.1 Å². The molecule has 0 spiro atoms. The molecule has 8 heteroatoms. The van der Waals surface area contributed by atoms with Crippen molar-refractivity contribution in [3.8, 4) is 11.3 Å². The lowest BCUT2D eigenvalue weighted by Gasteiger charge is -2.35. The Kier molecular flexibility index (Phi) is 5.54. The second-order valence-electron chi connectivity index (χ2n) is 6.32. The van der Waals surface area contributed by atoms with Crippen LogP contribution >= 0.6 is 0 Å². The topological polar surface area (TPSA) is 93.0 Å². The molecular formula is C19H21N3O5. The highest BCUT2D eigenvalue weighted by Gasteiger charge is 2.28. The van der Waals surface area contributed by atoms with Crippen LogP contribution in [-0.2, 0) is 14.3 Å². The number of aromatic nitrogens is 1. The number of benzene rings is 1. The maximum absolute atomic E-state index is 12.5.